The summed E-state index contributed by atoms with van der Waals surface area (Å²) in [5, 5.41) is 22.8. The summed E-state index contributed by atoms with van der Waals surface area (Å²) in [6.07, 6.45) is -11.1. The van der Waals surface area contributed by atoms with Crippen LogP contribution in [0.15, 0.2) is 67.0 Å². The molecule has 7 rings (SSSR count). The van der Waals surface area contributed by atoms with E-state index in [0.717, 1.165) is 58.1 Å². The summed E-state index contributed by atoms with van der Waals surface area (Å²) in [5.41, 5.74) is -3.97. The molecule has 2 aromatic heterocycles. The van der Waals surface area contributed by atoms with Gasteiger partial charge in [0.05, 0.1) is 80.8 Å². The van der Waals surface area contributed by atoms with E-state index in [1.54, 1.807) is 34.5 Å². The van der Waals surface area contributed by atoms with Crippen LogP contribution in [-0.4, -0.2) is 152 Å². The molecule has 0 spiro atoms. The number of pyridine rings is 1. The van der Waals surface area contributed by atoms with Gasteiger partial charge in [-0.05, 0) is 102 Å². The molecule has 422 valence electrons. The summed E-state index contributed by atoms with van der Waals surface area (Å²) >= 11 is 0. The molecule has 0 radical (unpaired) electrons. The van der Waals surface area contributed by atoms with Gasteiger partial charge in [-0.2, -0.15) is 31.4 Å². The maximum absolute atomic E-state index is 16.6. The van der Waals surface area contributed by atoms with E-state index < -0.39 is 102 Å². The van der Waals surface area contributed by atoms with Crippen molar-refractivity contribution in [1.29, 1.82) is 0 Å². The predicted molar refractivity (Wildman–Crippen MR) is 266 cm³/mol. The Morgan fingerprint density at radius 3 is 1.83 bits per heavy atom. The number of piperazine rings is 1. The zero-order valence-electron chi connectivity index (χ0n) is 43.6. The zero-order valence-corrected chi connectivity index (χ0v) is 43.6. The van der Waals surface area contributed by atoms with Crippen LogP contribution in [0.4, 0.5) is 56.2 Å². The van der Waals surface area contributed by atoms with Crippen LogP contribution in [0.1, 0.15) is 63.3 Å². The Labute approximate surface area is 444 Å². The normalized spacial score (nSPS) is 18.5. The van der Waals surface area contributed by atoms with E-state index in [4.69, 9.17) is 4.74 Å². The number of carbonyl (C=O) groups excluding carboxylic acids is 4. The van der Waals surface area contributed by atoms with Gasteiger partial charge in [-0.25, -0.2) is 23.4 Å². The van der Waals surface area contributed by atoms with Gasteiger partial charge in [0, 0.05) is 42.2 Å². The van der Waals surface area contributed by atoms with Crippen LogP contribution < -0.4 is 31.3 Å². The van der Waals surface area contributed by atoms with E-state index in [9.17, 15) is 50.6 Å². The Morgan fingerprint density at radius 1 is 0.782 bits per heavy atom. The third-order valence-corrected chi connectivity index (χ3v) is 14.3. The third kappa shape index (κ3) is 13.4. The molecule has 4 aromatic rings. The van der Waals surface area contributed by atoms with Gasteiger partial charge in [-0.3, -0.25) is 29.6 Å². The van der Waals surface area contributed by atoms with Crippen molar-refractivity contribution in [1.82, 2.24) is 41.0 Å². The number of fused-ring (bicyclic) bond motifs is 2. The fourth-order valence-electron chi connectivity index (χ4n) is 8.86. The number of ether oxygens (including phenoxy) is 3. The Morgan fingerprint density at radius 2 is 1.32 bits per heavy atom. The first kappa shape index (κ1) is 58.4. The summed E-state index contributed by atoms with van der Waals surface area (Å²) in [7, 11) is 3.72. The molecular weight excluding hydrogens is 1040 g/mol. The number of aliphatic hydroxyl groups excluding tert-OH is 1. The number of hydrogen-bond donors (Lipinski definition) is 5. The van der Waals surface area contributed by atoms with Crippen molar-refractivity contribution in [2.75, 3.05) is 64.0 Å². The number of alkyl halides is 6. The first-order chi connectivity index (χ1) is 36.6. The highest BCUT2D eigenvalue weighted by atomic mass is 19.4. The van der Waals surface area contributed by atoms with E-state index in [-0.39, 0.29) is 34.9 Å². The number of benzene rings is 2. The number of amides is 4. The lowest BCUT2D eigenvalue weighted by atomic mass is 9.82. The van der Waals surface area contributed by atoms with Crippen molar-refractivity contribution < 1.29 is 73.6 Å². The molecule has 6 atom stereocenters. The largest absolute Gasteiger partial charge is 0.453 e. The van der Waals surface area contributed by atoms with E-state index in [1.807, 2.05) is 22.9 Å². The molecule has 2 aliphatic heterocycles. The average molecular weight is 1110 g/mol. The Kier molecular flexibility index (Phi) is 17.5. The molecule has 1 aliphatic carbocycles. The maximum Gasteiger partial charge on any atom is 0.407 e. The lowest BCUT2D eigenvalue weighted by molar-refractivity contribution is -0.221. The number of halogens is 8. The van der Waals surface area contributed by atoms with E-state index in [2.05, 4.69) is 53.6 Å². The summed E-state index contributed by atoms with van der Waals surface area (Å²) in [6.45, 7) is 3.84. The van der Waals surface area contributed by atoms with Crippen molar-refractivity contribution in [2.45, 2.75) is 102 Å². The minimum atomic E-state index is -5.22. The number of alkyl carbamates (subject to hydrolysis) is 2. The van der Waals surface area contributed by atoms with Crippen LogP contribution in [0, 0.1) is 34.3 Å². The number of hydrazine groups is 1. The van der Waals surface area contributed by atoms with Crippen LogP contribution in [0.3, 0.4) is 0 Å². The molecule has 5 N–H and O–H groups in total. The highest BCUT2D eigenvalue weighted by Gasteiger charge is 2.57. The number of hydrogen-bond acceptors (Lipinski definition) is 13. The number of rotatable bonds is 17. The van der Waals surface area contributed by atoms with Gasteiger partial charge in [-0.15, -0.1) is 0 Å². The van der Waals surface area contributed by atoms with Crippen LogP contribution in [-0.2, 0) is 30.2 Å². The number of nitrogens with zero attached hydrogens (tertiary/aromatic N) is 6. The van der Waals surface area contributed by atoms with Crippen LogP contribution in [0.25, 0.3) is 11.3 Å². The molecule has 18 nitrogen and oxygen atoms in total. The zero-order chi connectivity index (χ0) is 57.1. The number of likely N-dealkylation sites (N-methyl/N-ethyl adjacent to an activating group) is 1. The molecule has 26 heteroatoms. The minimum absolute atomic E-state index is 0.0781. The minimum Gasteiger partial charge on any atom is -0.453 e. The summed E-state index contributed by atoms with van der Waals surface area (Å²) in [4.78, 5) is 62.2. The fraction of sp³-hybridized carbons (Fsp3) is 0.500. The Bertz CT molecular complexity index is 2830. The number of aromatic nitrogens is 3. The molecule has 3 unspecified atom stereocenters. The van der Waals surface area contributed by atoms with Crippen molar-refractivity contribution >= 4 is 35.5 Å². The molecule has 2 saturated heterocycles. The molecule has 2 bridgehead atoms. The van der Waals surface area contributed by atoms with E-state index >= 15 is 8.78 Å². The van der Waals surface area contributed by atoms with Gasteiger partial charge < -0.3 is 40.2 Å². The van der Waals surface area contributed by atoms with Gasteiger partial charge in [0.25, 0.3) is 5.91 Å². The molecule has 2 aromatic carbocycles. The smallest absolute Gasteiger partial charge is 0.407 e. The number of morpholine rings is 1. The second-order valence-electron chi connectivity index (χ2n) is 20.5. The second kappa shape index (κ2) is 23.4. The highest BCUT2D eigenvalue weighted by Crippen LogP contribution is 2.42. The Balaban J connectivity index is 1.21. The lowest BCUT2D eigenvalue weighted by Crippen LogP contribution is -2.64. The quantitative estimate of drug-likeness (QED) is 0.0467. The van der Waals surface area contributed by atoms with Crippen molar-refractivity contribution in [3.8, 4) is 23.1 Å². The summed E-state index contributed by atoms with van der Waals surface area (Å²) in [5.74, 6) is 0.669. The first-order valence-electron chi connectivity index (χ1n) is 24.7. The third-order valence-electron chi connectivity index (χ3n) is 14.3. The van der Waals surface area contributed by atoms with E-state index in [0.29, 0.717) is 57.0 Å². The highest BCUT2D eigenvalue weighted by molar-refractivity contribution is 5.88. The molecule has 1 saturated carbocycles. The number of methoxy groups -OCH3 is 2. The van der Waals surface area contributed by atoms with Gasteiger partial charge >= 0.3 is 24.5 Å². The summed E-state index contributed by atoms with van der Waals surface area (Å²) < 4.78 is 137. The van der Waals surface area contributed by atoms with Crippen LogP contribution in [0.2, 0.25) is 0 Å². The molecule has 4 amide bonds. The molecular formula is C52H60F8N10O8. The topological polar surface area (TPSA) is 205 Å². The van der Waals surface area contributed by atoms with Crippen LogP contribution >= 0.6 is 0 Å². The predicted octanol–water partition coefficient (Wildman–Crippen LogP) is 6.03. The first-order valence-corrected chi connectivity index (χ1v) is 24.7. The maximum atomic E-state index is 16.6. The molecule has 3 fully saturated rings. The molecule has 4 heterocycles. The number of nitrogens with one attached hydrogen (secondary N) is 4. The van der Waals surface area contributed by atoms with Gasteiger partial charge in [0.1, 0.15) is 23.6 Å². The number of carbonyl (C=O) groups is 4. The second-order valence-corrected chi connectivity index (χ2v) is 20.5. The average Bonchev–Trinajstić information content (AvgIpc) is 4.14. The van der Waals surface area contributed by atoms with Crippen molar-refractivity contribution in [3.63, 3.8) is 0 Å². The standard InChI is InChI=1S/C52H60F8N10O8/c1-49(2,51(55,56)57)43(63-47(74)76-6)45(72)62-39(20-30-11-8-29(9-12-30)10-13-31-14-17-41(61-23-31)68-24-34-27-78-28-35(25-68)67(34)5)40(71)26-70(66-46(73)44(64-48(75)77-7)50(3,4)52(58,59)60)42-36(53)21-32(22-37(42)54)38-18-19-69(65-38)33-15-16-33/h8-9,11-12,14,17-19,21-23,33-35,39-40,43-44,71H,15-16,20,24-28H2,1-7H3,(H,62,72)(H,63,74)(H,64,75)(H,66,73)/t34?,35?,39-,40-,43?,44+/m0/s1. The number of anilines is 2. The Hall–Kier alpha value is -7.24. The van der Waals surface area contributed by atoms with Gasteiger partial charge in [-0.1, -0.05) is 24.0 Å². The fourth-order valence-corrected chi connectivity index (χ4v) is 8.86. The van der Waals surface area contributed by atoms with Crippen molar-refractivity contribution in [3.05, 3.63) is 95.3 Å². The van der Waals surface area contributed by atoms with Crippen LogP contribution in [0.5, 0.6) is 0 Å². The van der Waals surface area contributed by atoms with Crippen molar-refractivity contribution in [2.24, 2.45) is 10.8 Å². The molecule has 78 heavy (non-hydrogen) atoms. The van der Waals surface area contributed by atoms with Gasteiger partial charge in [0.15, 0.2) is 11.6 Å². The summed E-state index contributed by atoms with van der Waals surface area (Å²) in [6, 6.07) is 6.60. The SMILES string of the molecule is COC(=O)NC(C(=O)N[C@@H](Cc1ccc(C#Cc2ccc(N3CC4COCC(C3)N4C)nc2)cc1)[C@@H](O)CN(NC(=O)[C@@H](NC(=O)OC)C(C)(C)C(F)(F)F)c1c(F)cc(-c2ccn(C3CC3)n2)cc1F)C(C)(C)C(F)(F)F. The molecule has 3 aliphatic rings. The lowest BCUT2D eigenvalue weighted by Gasteiger charge is -2.48. The number of aliphatic hydroxyl groups is 1. The monoisotopic (exact) mass is 1100 g/mol. The van der Waals surface area contributed by atoms with E-state index in [1.165, 1.54) is 18.2 Å². The van der Waals surface area contributed by atoms with Gasteiger partial charge in [0.2, 0.25) is 5.91 Å².